The summed E-state index contributed by atoms with van der Waals surface area (Å²) in [5, 5.41) is 12.8. The second kappa shape index (κ2) is 4.40. The van der Waals surface area contributed by atoms with Gasteiger partial charge in [0.25, 0.3) is 5.91 Å². The first-order valence-electron chi connectivity index (χ1n) is 5.35. The molecule has 1 fully saturated rings. The summed E-state index contributed by atoms with van der Waals surface area (Å²) in [6.45, 7) is 3.98. The van der Waals surface area contributed by atoms with Gasteiger partial charge in [-0.25, -0.2) is 0 Å². The number of aryl methyl sites for hydroxylation is 1. The Hall–Kier alpha value is -1.50. The van der Waals surface area contributed by atoms with Gasteiger partial charge < -0.3 is 10.0 Å². The molecule has 17 heavy (non-hydrogen) atoms. The second-order valence-corrected chi connectivity index (χ2v) is 4.91. The molecule has 1 aliphatic heterocycles. The lowest BCUT2D eigenvalue weighted by Crippen LogP contribution is -2.37. The lowest BCUT2D eigenvalue weighted by molar-refractivity contribution is -0.142. The van der Waals surface area contributed by atoms with Crippen molar-refractivity contribution in [2.75, 3.05) is 6.54 Å². The van der Waals surface area contributed by atoms with E-state index in [4.69, 9.17) is 5.11 Å². The molecule has 2 heterocycles. The van der Waals surface area contributed by atoms with Crippen LogP contribution in [0.2, 0.25) is 0 Å². The Labute approximate surface area is 102 Å². The van der Waals surface area contributed by atoms with E-state index in [9.17, 15) is 9.59 Å². The number of aliphatic carboxylic acids is 1. The molecular weight excluding hydrogens is 242 g/mol. The number of aromatic nitrogens is 2. The number of carbonyl (C=O) groups excluding carboxylic acids is 1. The van der Waals surface area contributed by atoms with Gasteiger partial charge in [-0.2, -0.15) is 0 Å². The SMILES string of the molecule is Cc1nnsc1C(=O)N1CCC(C(=O)O)C1C. The van der Waals surface area contributed by atoms with Crippen LogP contribution in [0.25, 0.3) is 0 Å². The van der Waals surface area contributed by atoms with Gasteiger partial charge in [-0.15, -0.1) is 5.10 Å². The summed E-state index contributed by atoms with van der Waals surface area (Å²) >= 11 is 1.06. The third-order valence-corrected chi connectivity index (χ3v) is 3.99. The van der Waals surface area contributed by atoms with Crippen LogP contribution in [0, 0.1) is 12.8 Å². The zero-order valence-corrected chi connectivity index (χ0v) is 10.4. The van der Waals surface area contributed by atoms with Crippen LogP contribution in [0.15, 0.2) is 0 Å². The van der Waals surface area contributed by atoms with E-state index < -0.39 is 11.9 Å². The molecular formula is C10H13N3O3S. The zero-order valence-electron chi connectivity index (χ0n) is 9.58. The van der Waals surface area contributed by atoms with Crippen molar-refractivity contribution in [1.82, 2.24) is 14.5 Å². The van der Waals surface area contributed by atoms with Gasteiger partial charge in [0, 0.05) is 12.6 Å². The van der Waals surface area contributed by atoms with Crippen molar-refractivity contribution >= 4 is 23.4 Å². The van der Waals surface area contributed by atoms with Crippen LogP contribution in [0.4, 0.5) is 0 Å². The highest BCUT2D eigenvalue weighted by Gasteiger charge is 2.39. The van der Waals surface area contributed by atoms with Gasteiger partial charge in [0.05, 0.1) is 11.6 Å². The van der Waals surface area contributed by atoms with Crippen LogP contribution in [0.1, 0.15) is 28.7 Å². The van der Waals surface area contributed by atoms with E-state index in [-0.39, 0.29) is 11.9 Å². The van der Waals surface area contributed by atoms with Crippen LogP contribution in [-0.4, -0.2) is 44.1 Å². The third kappa shape index (κ3) is 2.02. The average Bonchev–Trinajstić information content (AvgIpc) is 2.83. The molecule has 1 amide bonds. The maximum absolute atomic E-state index is 12.2. The summed E-state index contributed by atoms with van der Waals surface area (Å²) in [6.07, 6.45) is 0.507. The van der Waals surface area contributed by atoms with E-state index in [1.54, 1.807) is 18.7 Å². The van der Waals surface area contributed by atoms with Crippen LogP contribution < -0.4 is 0 Å². The van der Waals surface area contributed by atoms with Crippen molar-refractivity contribution in [3.63, 3.8) is 0 Å². The van der Waals surface area contributed by atoms with Gasteiger partial charge in [0.1, 0.15) is 4.88 Å². The van der Waals surface area contributed by atoms with Gasteiger partial charge in [-0.1, -0.05) is 4.49 Å². The Bertz CT molecular complexity index is 459. The van der Waals surface area contributed by atoms with Gasteiger partial charge in [0.2, 0.25) is 0 Å². The largest absolute Gasteiger partial charge is 0.481 e. The molecule has 2 atom stereocenters. The Morgan fingerprint density at radius 3 is 2.71 bits per heavy atom. The summed E-state index contributed by atoms with van der Waals surface area (Å²) in [5.41, 5.74) is 0.603. The minimum atomic E-state index is -0.841. The maximum atomic E-state index is 12.2. The number of nitrogens with zero attached hydrogens (tertiary/aromatic N) is 3. The molecule has 7 heteroatoms. The fraction of sp³-hybridized carbons (Fsp3) is 0.600. The predicted molar refractivity (Wildman–Crippen MR) is 60.9 cm³/mol. The van der Waals surface area contributed by atoms with Crippen molar-refractivity contribution in [3.8, 4) is 0 Å². The summed E-state index contributed by atoms with van der Waals surface area (Å²) < 4.78 is 3.72. The van der Waals surface area contributed by atoms with Gasteiger partial charge in [-0.3, -0.25) is 9.59 Å². The van der Waals surface area contributed by atoms with Crippen molar-refractivity contribution in [2.24, 2.45) is 5.92 Å². The number of hydrogen-bond acceptors (Lipinski definition) is 5. The molecule has 1 saturated heterocycles. The molecule has 0 saturated carbocycles. The number of hydrogen-bond donors (Lipinski definition) is 1. The number of carboxylic acid groups (broad SMARTS) is 1. The highest BCUT2D eigenvalue weighted by atomic mass is 32.1. The first-order chi connectivity index (χ1) is 8.02. The van der Waals surface area contributed by atoms with Crippen LogP contribution in [0.3, 0.4) is 0 Å². The lowest BCUT2D eigenvalue weighted by Gasteiger charge is -2.22. The predicted octanol–water partition coefficient (Wildman–Crippen LogP) is 0.782. The van der Waals surface area contributed by atoms with Crippen molar-refractivity contribution < 1.29 is 14.7 Å². The minimum Gasteiger partial charge on any atom is -0.481 e. The number of rotatable bonds is 2. The Morgan fingerprint density at radius 1 is 1.53 bits per heavy atom. The molecule has 0 bridgehead atoms. The van der Waals surface area contributed by atoms with Crippen LogP contribution in [0.5, 0.6) is 0 Å². The van der Waals surface area contributed by atoms with E-state index in [0.29, 0.717) is 23.5 Å². The average molecular weight is 255 g/mol. The smallest absolute Gasteiger partial charge is 0.308 e. The summed E-state index contributed by atoms with van der Waals surface area (Å²) in [6, 6.07) is -0.276. The standard InChI is InChI=1S/C10H13N3O3S/c1-5-8(17-12-11-5)9(14)13-4-3-7(6(13)2)10(15)16/h6-7H,3-4H2,1-2H3,(H,15,16). The molecule has 6 nitrogen and oxygen atoms in total. The molecule has 0 aromatic carbocycles. The van der Waals surface area contributed by atoms with Crippen molar-refractivity contribution in [2.45, 2.75) is 26.3 Å². The highest BCUT2D eigenvalue weighted by molar-refractivity contribution is 7.07. The van der Waals surface area contributed by atoms with Crippen molar-refractivity contribution in [1.29, 1.82) is 0 Å². The third-order valence-electron chi connectivity index (χ3n) is 3.18. The van der Waals surface area contributed by atoms with Crippen LogP contribution >= 0.6 is 11.5 Å². The lowest BCUT2D eigenvalue weighted by atomic mass is 10.0. The Kier molecular flexibility index (Phi) is 3.10. The Morgan fingerprint density at radius 2 is 2.24 bits per heavy atom. The summed E-state index contributed by atoms with van der Waals surface area (Å²) in [7, 11) is 0. The van der Waals surface area contributed by atoms with Crippen LogP contribution in [-0.2, 0) is 4.79 Å². The molecule has 2 unspecified atom stereocenters. The number of carboxylic acids is 1. The molecule has 0 aliphatic carbocycles. The zero-order chi connectivity index (χ0) is 12.6. The van der Waals surface area contributed by atoms with Gasteiger partial charge in [0.15, 0.2) is 0 Å². The van der Waals surface area contributed by atoms with E-state index in [2.05, 4.69) is 9.59 Å². The molecule has 1 aliphatic rings. The molecule has 1 aromatic rings. The van der Waals surface area contributed by atoms with E-state index in [0.717, 1.165) is 11.5 Å². The molecule has 2 rings (SSSR count). The van der Waals surface area contributed by atoms with E-state index in [1.165, 1.54) is 0 Å². The molecule has 0 spiro atoms. The molecule has 1 N–H and O–H groups in total. The Balaban J connectivity index is 2.18. The number of amides is 1. The first-order valence-corrected chi connectivity index (χ1v) is 6.12. The number of carbonyl (C=O) groups is 2. The first kappa shape index (κ1) is 12.0. The maximum Gasteiger partial charge on any atom is 0.308 e. The van der Waals surface area contributed by atoms with Gasteiger partial charge >= 0.3 is 5.97 Å². The summed E-state index contributed by atoms with van der Waals surface area (Å²) in [4.78, 5) is 25.2. The molecule has 1 aromatic heterocycles. The van der Waals surface area contributed by atoms with E-state index in [1.807, 2.05) is 0 Å². The molecule has 0 radical (unpaired) electrons. The highest BCUT2D eigenvalue weighted by Crippen LogP contribution is 2.27. The normalized spacial score (nSPS) is 24.0. The summed E-state index contributed by atoms with van der Waals surface area (Å²) in [5.74, 6) is -1.47. The minimum absolute atomic E-state index is 0.159. The monoisotopic (exact) mass is 255 g/mol. The van der Waals surface area contributed by atoms with E-state index >= 15 is 0 Å². The van der Waals surface area contributed by atoms with Crippen molar-refractivity contribution in [3.05, 3.63) is 10.6 Å². The topological polar surface area (TPSA) is 83.4 Å². The quantitative estimate of drug-likeness (QED) is 0.844. The molecule has 92 valence electrons. The second-order valence-electron chi connectivity index (χ2n) is 4.16. The fourth-order valence-corrected chi connectivity index (χ4v) is 2.73. The van der Waals surface area contributed by atoms with Gasteiger partial charge in [-0.05, 0) is 31.8 Å². The number of likely N-dealkylation sites (tertiary alicyclic amines) is 1. The fourth-order valence-electron chi connectivity index (χ4n) is 2.11.